The SMILES string of the molecule is C#Cc1ccc(OC)c(-c2ccccn2)c1. The van der Waals surface area contributed by atoms with Crippen LogP contribution < -0.4 is 4.74 Å². The van der Waals surface area contributed by atoms with Gasteiger partial charge in [0.05, 0.1) is 12.8 Å². The van der Waals surface area contributed by atoms with Gasteiger partial charge in [0.1, 0.15) is 5.75 Å². The van der Waals surface area contributed by atoms with E-state index in [-0.39, 0.29) is 0 Å². The Bertz CT molecular complexity index is 526. The van der Waals surface area contributed by atoms with E-state index >= 15 is 0 Å². The Balaban J connectivity index is 2.59. The summed E-state index contributed by atoms with van der Waals surface area (Å²) in [7, 11) is 1.64. The summed E-state index contributed by atoms with van der Waals surface area (Å²) in [5.41, 5.74) is 2.59. The van der Waals surface area contributed by atoms with Gasteiger partial charge in [0.2, 0.25) is 0 Å². The molecule has 0 radical (unpaired) electrons. The summed E-state index contributed by atoms with van der Waals surface area (Å²) < 4.78 is 5.29. The van der Waals surface area contributed by atoms with Gasteiger partial charge < -0.3 is 4.74 Å². The third kappa shape index (κ3) is 1.89. The lowest BCUT2D eigenvalue weighted by atomic mass is 10.1. The average molecular weight is 209 g/mol. The number of benzene rings is 1. The Kier molecular flexibility index (Phi) is 2.88. The summed E-state index contributed by atoms with van der Waals surface area (Å²) >= 11 is 0. The van der Waals surface area contributed by atoms with Crippen LogP contribution in [0.2, 0.25) is 0 Å². The van der Waals surface area contributed by atoms with Crippen LogP contribution in [0, 0.1) is 12.3 Å². The molecule has 1 aromatic carbocycles. The zero-order valence-electron chi connectivity index (χ0n) is 8.97. The van der Waals surface area contributed by atoms with Crippen molar-refractivity contribution < 1.29 is 4.74 Å². The second-order valence-corrected chi connectivity index (χ2v) is 3.27. The molecule has 0 saturated heterocycles. The predicted octanol–water partition coefficient (Wildman–Crippen LogP) is 2.74. The highest BCUT2D eigenvalue weighted by molar-refractivity contribution is 5.69. The molecule has 2 rings (SSSR count). The summed E-state index contributed by atoms with van der Waals surface area (Å²) in [6.45, 7) is 0. The number of rotatable bonds is 2. The number of ether oxygens (including phenoxy) is 1. The largest absolute Gasteiger partial charge is 0.496 e. The van der Waals surface area contributed by atoms with Crippen molar-refractivity contribution in [3.8, 4) is 29.4 Å². The molecule has 16 heavy (non-hydrogen) atoms. The first-order chi connectivity index (χ1) is 7.85. The number of pyridine rings is 1. The van der Waals surface area contributed by atoms with E-state index < -0.39 is 0 Å². The Morgan fingerprint density at radius 1 is 1.25 bits per heavy atom. The lowest BCUT2D eigenvalue weighted by Gasteiger charge is -2.08. The van der Waals surface area contributed by atoms with E-state index in [0.717, 1.165) is 22.6 Å². The second-order valence-electron chi connectivity index (χ2n) is 3.27. The predicted molar refractivity (Wildman–Crippen MR) is 64.2 cm³/mol. The number of methoxy groups -OCH3 is 1. The number of aromatic nitrogens is 1. The molecule has 1 heterocycles. The molecule has 2 nitrogen and oxygen atoms in total. The molecule has 0 spiro atoms. The molecule has 2 aromatic rings. The normalized spacial score (nSPS) is 9.50. The zero-order valence-corrected chi connectivity index (χ0v) is 8.97. The Hall–Kier alpha value is -2.27. The maximum Gasteiger partial charge on any atom is 0.128 e. The van der Waals surface area contributed by atoms with Gasteiger partial charge in [-0.25, -0.2) is 0 Å². The van der Waals surface area contributed by atoms with Gasteiger partial charge in [-0.2, -0.15) is 0 Å². The van der Waals surface area contributed by atoms with Crippen LogP contribution in [0.3, 0.4) is 0 Å². The monoisotopic (exact) mass is 209 g/mol. The quantitative estimate of drug-likeness (QED) is 0.709. The van der Waals surface area contributed by atoms with Crippen LogP contribution in [0.1, 0.15) is 5.56 Å². The topological polar surface area (TPSA) is 22.1 Å². The van der Waals surface area contributed by atoms with Crippen molar-refractivity contribution in [1.82, 2.24) is 4.98 Å². The average Bonchev–Trinajstić information content (AvgIpc) is 2.39. The van der Waals surface area contributed by atoms with Crippen LogP contribution >= 0.6 is 0 Å². The molecule has 0 fully saturated rings. The summed E-state index contributed by atoms with van der Waals surface area (Å²) in [6, 6.07) is 11.4. The Labute approximate surface area is 94.9 Å². The van der Waals surface area contributed by atoms with E-state index in [2.05, 4.69) is 10.9 Å². The highest BCUT2D eigenvalue weighted by Crippen LogP contribution is 2.28. The fourth-order valence-electron chi connectivity index (χ4n) is 1.52. The molecule has 0 atom stereocenters. The molecule has 0 aliphatic rings. The molecular formula is C14H11NO. The third-order valence-corrected chi connectivity index (χ3v) is 2.31. The molecule has 78 valence electrons. The first-order valence-corrected chi connectivity index (χ1v) is 4.91. The maximum absolute atomic E-state index is 5.38. The third-order valence-electron chi connectivity index (χ3n) is 2.31. The van der Waals surface area contributed by atoms with Crippen molar-refractivity contribution in [3.05, 3.63) is 48.2 Å². The maximum atomic E-state index is 5.38. The van der Waals surface area contributed by atoms with E-state index in [1.54, 1.807) is 13.3 Å². The van der Waals surface area contributed by atoms with Gasteiger partial charge in [-0.15, -0.1) is 6.42 Å². The van der Waals surface area contributed by atoms with Gasteiger partial charge in [-0.3, -0.25) is 4.98 Å². The van der Waals surface area contributed by atoms with Crippen molar-refractivity contribution in [2.24, 2.45) is 0 Å². The number of hydrogen-bond acceptors (Lipinski definition) is 2. The van der Waals surface area contributed by atoms with Crippen molar-refractivity contribution >= 4 is 0 Å². The molecular weight excluding hydrogens is 198 g/mol. The van der Waals surface area contributed by atoms with E-state index in [1.165, 1.54) is 0 Å². The number of terminal acetylenes is 1. The van der Waals surface area contributed by atoms with Crippen LogP contribution in [0.4, 0.5) is 0 Å². The van der Waals surface area contributed by atoms with Crippen molar-refractivity contribution in [2.75, 3.05) is 7.11 Å². The molecule has 0 aliphatic carbocycles. The van der Waals surface area contributed by atoms with Gasteiger partial charge in [-0.1, -0.05) is 12.0 Å². The van der Waals surface area contributed by atoms with Crippen LogP contribution in [0.25, 0.3) is 11.3 Å². The Morgan fingerprint density at radius 2 is 2.12 bits per heavy atom. The lowest BCUT2D eigenvalue weighted by molar-refractivity contribution is 0.416. The molecule has 0 bridgehead atoms. The van der Waals surface area contributed by atoms with Crippen molar-refractivity contribution in [1.29, 1.82) is 0 Å². The van der Waals surface area contributed by atoms with Crippen LogP contribution in [-0.4, -0.2) is 12.1 Å². The van der Waals surface area contributed by atoms with Gasteiger partial charge >= 0.3 is 0 Å². The highest BCUT2D eigenvalue weighted by atomic mass is 16.5. The first-order valence-electron chi connectivity index (χ1n) is 4.91. The minimum atomic E-state index is 0.776. The summed E-state index contributed by atoms with van der Waals surface area (Å²) in [6.07, 6.45) is 7.12. The van der Waals surface area contributed by atoms with Gasteiger partial charge in [0.15, 0.2) is 0 Å². The van der Waals surface area contributed by atoms with Crippen LogP contribution in [0.15, 0.2) is 42.6 Å². The van der Waals surface area contributed by atoms with Gasteiger partial charge in [0, 0.05) is 17.3 Å². The lowest BCUT2D eigenvalue weighted by Crippen LogP contribution is -1.90. The zero-order chi connectivity index (χ0) is 11.4. The molecule has 2 heteroatoms. The summed E-state index contributed by atoms with van der Waals surface area (Å²) in [4.78, 5) is 4.28. The molecule has 0 N–H and O–H groups in total. The fourth-order valence-corrected chi connectivity index (χ4v) is 1.52. The fraction of sp³-hybridized carbons (Fsp3) is 0.0714. The standard InChI is InChI=1S/C14H11NO/c1-3-11-7-8-14(16-2)12(10-11)13-6-4-5-9-15-13/h1,4-10H,2H3. The van der Waals surface area contributed by atoms with E-state index in [0.29, 0.717) is 0 Å². The van der Waals surface area contributed by atoms with E-state index in [4.69, 9.17) is 11.2 Å². The molecule has 0 saturated carbocycles. The van der Waals surface area contributed by atoms with Gasteiger partial charge in [-0.05, 0) is 30.3 Å². The van der Waals surface area contributed by atoms with Gasteiger partial charge in [0.25, 0.3) is 0 Å². The summed E-state index contributed by atoms with van der Waals surface area (Å²) in [5, 5.41) is 0. The minimum absolute atomic E-state index is 0.776. The molecule has 0 aliphatic heterocycles. The molecule has 1 aromatic heterocycles. The van der Waals surface area contributed by atoms with Crippen molar-refractivity contribution in [2.45, 2.75) is 0 Å². The highest BCUT2D eigenvalue weighted by Gasteiger charge is 2.06. The smallest absolute Gasteiger partial charge is 0.128 e. The van der Waals surface area contributed by atoms with E-state index in [9.17, 15) is 0 Å². The van der Waals surface area contributed by atoms with Crippen LogP contribution in [0.5, 0.6) is 5.75 Å². The Morgan fingerprint density at radius 3 is 2.75 bits per heavy atom. The van der Waals surface area contributed by atoms with Crippen LogP contribution in [-0.2, 0) is 0 Å². The summed E-state index contributed by atoms with van der Waals surface area (Å²) in [5.74, 6) is 3.38. The van der Waals surface area contributed by atoms with Crippen molar-refractivity contribution in [3.63, 3.8) is 0 Å². The second kappa shape index (κ2) is 4.50. The molecule has 0 amide bonds. The molecule has 0 unspecified atom stereocenters. The number of nitrogens with zero attached hydrogens (tertiary/aromatic N) is 1. The van der Waals surface area contributed by atoms with E-state index in [1.807, 2.05) is 36.4 Å². The minimum Gasteiger partial charge on any atom is -0.496 e. The number of hydrogen-bond donors (Lipinski definition) is 0. The first kappa shape index (κ1) is 10.3.